The highest BCUT2D eigenvalue weighted by Crippen LogP contribution is 2.27. The minimum absolute atomic E-state index is 0.0570. The number of rotatable bonds is 10. The predicted molar refractivity (Wildman–Crippen MR) is 162 cm³/mol. The van der Waals surface area contributed by atoms with E-state index in [1.807, 2.05) is 32.0 Å². The normalized spacial score (nSPS) is 15.6. The number of hydrogen-bond donors (Lipinski definition) is 2. The maximum atomic E-state index is 13.1. The fourth-order valence-electron chi connectivity index (χ4n) is 5.23. The molecule has 2 fully saturated rings. The summed E-state index contributed by atoms with van der Waals surface area (Å²) in [6, 6.07) is 7.10. The zero-order chi connectivity index (χ0) is 31.6. The molecule has 1 aromatic heterocycles. The Morgan fingerprint density at radius 2 is 1.61 bits per heavy atom. The van der Waals surface area contributed by atoms with E-state index in [1.54, 1.807) is 14.7 Å². The number of carbonyl (C=O) groups is 5. The van der Waals surface area contributed by atoms with Gasteiger partial charge in [0.2, 0.25) is 11.8 Å². The summed E-state index contributed by atoms with van der Waals surface area (Å²) in [4.78, 5) is 71.7. The molecule has 4 rings (SSSR count). The first kappa shape index (κ1) is 32.5. The van der Waals surface area contributed by atoms with Gasteiger partial charge in [0.1, 0.15) is 11.4 Å². The maximum Gasteiger partial charge on any atom is 0.409 e. The molecule has 1 aromatic carbocycles. The minimum atomic E-state index is -0.545. The Labute approximate surface area is 257 Å². The molecule has 0 aliphatic carbocycles. The topological polar surface area (TPSA) is 150 Å². The second kappa shape index (κ2) is 15.3. The summed E-state index contributed by atoms with van der Waals surface area (Å²) in [5.41, 5.74) is 1.54. The lowest BCUT2D eigenvalue weighted by Crippen LogP contribution is -2.52. The summed E-state index contributed by atoms with van der Waals surface area (Å²) in [5, 5.41) is 6.20. The number of aromatic nitrogens is 1. The molecule has 2 saturated heterocycles. The number of unbranched alkanes of at least 4 members (excludes halogenated alkanes) is 1. The molecule has 2 aliphatic rings. The summed E-state index contributed by atoms with van der Waals surface area (Å²) in [6.07, 6.45) is 2.72. The van der Waals surface area contributed by atoms with Gasteiger partial charge in [0.25, 0.3) is 11.8 Å². The molecule has 0 radical (unpaired) electrons. The second-order valence-electron chi connectivity index (χ2n) is 11.2. The van der Waals surface area contributed by atoms with Gasteiger partial charge in [-0.1, -0.05) is 19.4 Å². The number of carbonyl (C=O) groups excluding carboxylic acids is 5. The maximum absolute atomic E-state index is 13.1. The molecule has 0 spiro atoms. The van der Waals surface area contributed by atoms with Crippen LogP contribution in [0.3, 0.4) is 0 Å². The number of hydrogen-bond acceptors (Lipinski definition) is 8. The summed E-state index contributed by atoms with van der Waals surface area (Å²) >= 11 is 0. The minimum Gasteiger partial charge on any atom is -0.483 e. The van der Waals surface area contributed by atoms with E-state index >= 15 is 0 Å². The van der Waals surface area contributed by atoms with Gasteiger partial charge < -0.3 is 34.8 Å². The molecule has 0 unspecified atom stereocenters. The predicted octanol–water partition coefficient (Wildman–Crippen LogP) is 1.86. The summed E-state index contributed by atoms with van der Waals surface area (Å²) in [5.74, 6) is -0.736. The van der Waals surface area contributed by atoms with E-state index in [1.165, 1.54) is 13.0 Å². The fraction of sp³-hybridized carbons (Fsp3) is 0.548. The average Bonchev–Trinajstić information content (AvgIpc) is 3.02. The molecule has 0 bridgehead atoms. The molecular formula is C31H42N6O7. The third-order valence-electron chi connectivity index (χ3n) is 7.78. The number of piperidine rings is 1. The van der Waals surface area contributed by atoms with Crippen molar-refractivity contribution in [3.8, 4) is 5.75 Å². The van der Waals surface area contributed by atoms with E-state index in [4.69, 9.17) is 9.47 Å². The van der Waals surface area contributed by atoms with Gasteiger partial charge in [-0.15, -0.1) is 0 Å². The molecule has 13 nitrogen and oxygen atoms in total. The van der Waals surface area contributed by atoms with Gasteiger partial charge >= 0.3 is 6.09 Å². The van der Waals surface area contributed by atoms with E-state index in [0.29, 0.717) is 75.4 Å². The quantitative estimate of drug-likeness (QED) is 0.387. The van der Waals surface area contributed by atoms with E-state index < -0.39 is 5.91 Å². The van der Waals surface area contributed by atoms with Crippen LogP contribution in [0.15, 0.2) is 24.3 Å². The Hall–Kier alpha value is -4.42. The molecule has 3 heterocycles. The van der Waals surface area contributed by atoms with E-state index in [9.17, 15) is 24.0 Å². The number of likely N-dealkylation sites (tertiary alicyclic amines) is 1. The van der Waals surface area contributed by atoms with E-state index in [0.717, 1.165) is 18.4 Å². The zero-order valence-corrected chi connectivity index (χ0v) is 25.7. The number of ether oxygens (including phenoxy) is 2. The van der Waals surface area contributed by atoms with Gasteiger partial charge in [-0.2, -0.15) is 0 Å². The van der Waals surface area contributed by atoms with Crippen LogP contribution in [0.4, 0.5) is 4.79 Å². The highest BCUT2D eigenvalue weighted by atomic mass is 16.6. The molecule has 13 heteroatoms. The number of piperazine rings is 1. The molecule has 2 aliphatic heterocycles. The molecule has 2 aromatic rings. The van der Waals surface area contributed by atoms with Crippen LogP contribution in [0.5, 0.6) is 5.75 Å². The monoisotopic (exact) mass is 610 g/mol. The van der Waals surface area contributed by atoms with Gasteiger partial charge in [-0.05, 0) is 43.9 Å². The van der Waals surface area contributed by atoms with Crippen LogP contribution in [-0.4, -0.2) is 114 Å². The van der Waals surface area contributed by atoms with Crippen LogP contribution in [0, 0.1) is 6.92 Å². The van der Waals surface area contributed by atoms with Crippen LogP contribution >= 0.6 is 0 Å². The van der Waals surface area contributed by atoms with Crippen molar-refractivity contribution in [2.75, 3.05) is 59.0 Å². The third kappa shape index (κ3) is 8.80. The van der Waals surface area contributed by atoms with E-state index in [2.05, 4.69) is 15.6 Å². The zero-order valence-electron chi connectivity index (χ0n) is 25.7. The van der Waals surface area contributed by atoms with Crippen LogP contribution in [0.1, 0.15) is 55.6 Å². The third-order valence-corrected chi connectivity index (χ3v) is 7.78. The standard InChI is InChI=1S/C31H42N6O7/c1-4-5-16-43-31(42)37-14-12-36(13-15-37)28(39)19-32-30(41)26-18-27(24-7-6-21(2)17-25(24)34-26)44-20-29(40)35-10-8-23(9-11-35)33-22(3)38/h6-7,17-18,23H,4-5,8-16,19-20H2,1-3H3,(H,32,41)(H,33,38). The summed E-state index contributed by atoms with van der Waals surface area (Å²) in [6.45, 7) is 7.82. The Bertz CT molecular complexity index is 1370. The highest BCUT2D eigenvalue weighted by molar-refractivity contribution is 5.98. The number of amides is 5. The molecule has 2 N–H and O–H groups in total. The van der Waals surface area contributed by atoms with Crippen molar-refractivity contribution < 1.29 is 33.4 Å². The number of benzene rings is 1. The van der Waals surface area contributed by atoms with E-state index in [-0.39, 0.29) is 48.7 Å². The van der Waals surface area contributed by atoms with Crippen LogP contribution in [0.2, 0.25) is 0 Å². The van der Waals surface area contributed by atoms with Gasteiger partial charge in [0, 0.05) is 63.7 Å². The molecule has 238 valence electrons. The van der Waals surface area contributed by atoms with Crippen LogP contribution in [-0.2, 0) is 19.1 Å². The van der Waals surface area contributed by atoms with Crippen molar-refractivity contribution in [1.29, 1.82) is 0 Å². The first-order chi connectivity index (χ1) is 21.1. The van der Waals surface area contributed by atoms with Crippen molar-refractivity contribution in [3.05, 3.63) is 35.5 Å². The van der Waals surface area contributed by atoms with Crippen molar-refractivity contribution in [2.24, 2.45) is 0 Å². The first-order valence-corrected chi connectivity index (χ1v) is 15.2. The second-order valence-corrected chi connectivity index (χ2v) is 11.2. The lowest BCUT2D eigenvalue weighted by atomic mass is 10.1. The van der Waals surface area contributed by atoms with Gasteiger partial charge in [-0.25, -0.2) is 9.78 Å². The van der Waals surface area contributed by atoms with Crippen molar-refractivity contribution in [1.82, 2.24) is 30.3 Å². The Balaban J connectivity index is 1.33. The smallest absolute Gasteiger partial charge is 0.409 e. The lowest BCUT2D eigenvalue weighted by Gasteiger charge is -2.34. The van der Waals surface area contributed by atoms with Gasteiger partial charge in [-0.3, -0.25) is 19.2 Å². The molecule has 44 heavy (non-hydrogen) atoms. The molecule has 5 amide bonds. The molecule has 0 saturated carbocycles. The Kier molecular flexibility index (Phi) is 11.3. The Morgan fingerprint density at radius 1 is 0.932 bits per heavy atom. The number of fused-ring (bicyclic) bond motifs is 1. The average molecular weight is 611 g/mol. The summed E-state index contributed by atoms with van der Waals surface area (Å²) < 4.78 is 11.2. The Morgan fingerprint density at radius 3 is 2.30 bits per heavy atom. The number of aryl methyl sites for hydroxylation is 1. The first-order valence-electron chi connectivity index (χ1n) is 15.2. The van der Waals surface area contributed by atoms with Gasteiger partial charge in [0.15, 0.2) is 6.61 Å². The highest BCUT2D eigenvalue weighted by Gasteiger charge is 2.26. The molecular weight excluding hydrogens is 568 g/mol. The fourth-order valence-corrected chi connectivity index (χ4v) is 5.23. The number of pyridine rings is 1. The number of nitrogens with one attached hydrogen (secondary N) is 2. The largest absolute Gasteiger partial charge is 0.483 e. The van der Waals surface area contributed by atoms with Crippen molar-refractivity contribution in [3.63, 3.8) is 0 Å². The lowest BCUT2D eigenvalue weighted by molar-refractivity contribution is -0.134. The van der Waals surface area contributed by atoms with Crippen LogP contribution < -0.4 is 15.4 Å². The van der Waals surface area contributed by atoms with Crippen molar-refractivity contribution >= 4 is 40.6 Å². The number of nitrogens with zero attached hydrogens (tertiary/aromatic N) is 4. The SMILES string of the molecule is CCCCOC(=O)N1CCN(C(=O)CNC(=O)c2cc(OCC(=O)N3CCC(NC(C)=O)CC3)c3ccc(C)cc3n2)CC1. The van der Waals surface area contributed by atoms with Crippen molar-refractivity contribution in [2.45, 2.75) is 52.5 Å². The van der Waals surface area contributed by atoms with Crippen LogP contribution in [0.25, 0.3) is 10.9 Å². The summed E-state index contributed by atoms with van der Waals surface area (Å²) in [7, 11) is 0. The molecule has 0 atom stereocenters. The van der Waals surface area contributed by atoms with Gasteiger partial charge in [0.05, 0.1) is 18.7 Å².